The number of halogens is 11. The van der Waals surface area contributed by atoms with E-state index in [0.29, 0.717) is 12.1 Å². The highest BCUT2D eigenvalue weighted by Crippen LogP contribution is 2.49. The third kappa shape index (κ3) is 6.21. The molecule has 1 aromatic rings. The van der Waals surface area contributed by atoms with Crippen LogP contribution in [0.15, 0.2) is 35.6 Å². The van der Waals surface area contributed by atoms with Crippen molar-refractivity contribution in [2.24, 2.45) is 0 Å². The predicted octanol–water partition coefficient (Wildman–Crippen LogP) is 5.29. The van der Waals surface area contributed by atoms with Crippen molar-refractivity contribution < 1.29 is 62.9 Å². The third-order valence-electron chi connectivity index (χ3n) is 3.72. The molecule has 0 unspecified atom stereocenters. The summed E-state index contributed by atoms with van der Waals surface area (Å²) in [6, 6.07) is 2.80. The van der Waals surface area contributed by atoms with Gasteiger partial charge in [0.15, 0.2) is 12.1 Å². The summed E-state index contributed by atoms with van der Waals surface area (Å²) in [7, 11) is 2.66. The van der Waals surface area contributed by atoms with Crippen LogP contribution in [-0.4, -0.2) is 56.2 Å². The van der Waals surface area contributed by atoms with Crippen molar-refractivity contribution in [3.05, 3.63) is 35.6 Å². The number of aliphatic carboxylic acids is 1. The van der Waals surface area contributed by atoms with Gasteiger partial charge in [-0.15, -0.1) is 0 Å². The lowest BCUT2D eigenvalue weighted by molar-refractivity contribution is -0.277. The van der Waals surface area contributed by atoms with Gasteiger partial charge in [-0.1, -0.05) is 0 Å². The van der Waals surface area contributed by atoms with Crippen molar-refractivity contribution >= 4 is 11.7 Å². The summed E-state index contributed by atoms with van der Waals surface area (Å²) in [6.45, 7) is -0.538. The molecule has 0 aliphatic heterocycles. The highest BCUT2D eigenvalue weighted by atomic mass is 19.4. The standard InChI is InChI=1S/C16H12F11NO3/c1-28(2,7-10(29)30)8-3-5-9(6-4-8)31-12(13(17,18)16(25,26)27)11(14(19,20)21)15(22,23)24/h3-6H,7H2,1-2H3/p+1. The Balaban J connectivity index is 3.62. The smallest absolute Gasteiger partial charge is 0.461 e. The highest BCUT2D eigenvalue weighted by molar-refractivity contribution is 5.72. The van der Waals surface area contributed by atoms with Crippen LogP contribution in [0, 0.1) is 0 Å². The number of hydrogen-bond donors (Lipinski definition) is 1. The highest BCUT2D eigenvalue weighted by Gasteiger charge is 2.68. The van der Waals surface area contributed by atoms with Crippen LogP contribution >= 0.6 is 0 Å². The van der Waals surface area contributed by atoms with Gasteiger partial charge in [-0.25, -0.2) is 4.79 Å². The van der Waals surface area contributed by atoms with E-state index >= 15 is 0 Å². The van der Waals surface area contributed by atoms with Gasteiger partial charge in [-0.3, -0.25) is 4.48 Å². The molecule has 1 aromatic carbocycles. The van der Waals surface area contributed by atoms with E-state index in [1.165, 1.54) is 14.1 Å². The number of alkyl halides is 11. The molecule has 0 spiro atoms. The van der Waals surface area contributed by atoms with Crippen molar-refractivity contribution in [3.63, 3.8) is 0 Å². The SMILES string of the molecule is C[N+](C)(CC(=O)O)c1ccc(OC(=C(C(F)(F)F)C(F)(F)F)C(F)(F)C(F)(F)F)cc1. The quantitative estimate of drug-likeness (QED) is 0.345. The predicted molar refractivity (Wildman–Crippen MR) is 83.4 cm³/mol. The Labute approximate surface area is 166 Å². The van der Waals surface area contributed by atoms with E-state index in [2.05, 4.69) is 4.74 Å². The molecule has 0 amide bonds. The van der Waals surface area contributed by atoms with Gasteiger partial charge in [0.2, 0.25) is 5.76 Å². The summed E-state index contributed by atoms with van der Waals surface area (Å²) < 4.78 is 145. The first-order chi connectivity index (χ1) is 13.6. The Morgan fingerprint density at radius 1 is 0.871 bits per heavy atom. The molecule has 0 radical (unpaired) electrons. The number of carboxylic acids is 1. The van der Waals surface area contributed by atoms with Crippen LogP contribution in [0.2, 0.25) is 0 Å². The van der Waals surface area contributed by atoms with E-state index in [0.717, 1.165) is 12.1 Å². The van der Waals surface area contributed by atoms with E-state index in [1.54, 1.807) is 0 Å². The molecule has 0 saturated carbocycles. The third-order valence-corrected chi connectivity index (χ3v) is 3.72. The van der Waals surface area contributed by atoms with Crippen LogP contribution < -0.4 is 9.22 Å². The first-order valence-corrected chi connectivity index (χ1v) is 7.77. The number of carboxylic acid groups (broad SMARTS) is 1. The van der Waals surface area contributed by atoms with Gasteiger partial charge in [-0.05, 0) is 12.1 Å². The zero-order valence-electron chi connectivity index (χ0n) is 15.4. The number of allylic oxidation sites excluding steroid dienone is 2. The van der Waals surface area contributed by atoms with E-state index in [-0.39, 0.29) is 5.69 Å². The molecule has 31 heavy (non-hydrogen) atoms. The molecule has 0 bridgehead atoms. The molecule has 0 saturated heterocycles. The molecule has 0 atom stereocenters. The maximum absolute atomic E-state index is 13.6. The molecular formula is C16H13F11NO3+. The molecule has 0 heterocycles. The number of benzene rings is 1. The second kappa shape index (κ2) is 8.16. The van der Waals surface area contributed by atoms with E-state index in [4.69, 9.17) is 5.11 Å². The summed E-state index contributed by atoms with van der Waals surface area (Å²) in [5.74, 6) is -12.8. The molecule has 15 heteroatoms. The van der Waals surface area contributed by atoms with Crippen LogP contribution in [0.5, 0.6) is 5.75 Å². The van der Waals surface area contributed by atoms with Crippen molar-refractivity contribution in [2.45, 2.75) is 24.5 Å². The number of carbonyl (C=O) groups is 1. The number of hydrogen-bond acceptors (Lipinski definition) is 2. The number of rotatable bonds is 6. The van der Waals surface area contributed by atoms with E-state index < -0.39 is 58.5 Å². The molecule has 0 fully saturated rings. The largest absolute Gasteiger partial charge is 0.477 e. The Bertz CT molecular complexity index is 818. The fourth-order valence-electron chi connectivity index (χ4n) is 2.28. The normalized spacial score (nSPS) is 13.7. The van der Waals surface area contributed by atoms with Gasteiger partial charge >= 0.3 is 30.4 Å². The lowest BCUT2D eigenvalue weighted by Crippen LogP contribution is -2.45. The van der Waals surface area contributed by atoms with Gasteiger partial charge in [-0.2, -0.15) is 48.3 Å². The number of nitrogens with zero attached hydrogens (tertiary/aromatic N) is 1. The Kier molecular flexibility index (Phi) is 6.97. The van der Waals surface area contributed by atoms with Gasteiger partial charge in [0, 0.05) is 12.1 Å². The number of quaternary nitrogens is 1. The number of ether oxygens (including phenoxy) is 1. The summed E-state index contributed by atoms with van der Waals surface area (Å²) >= 11 is 0. The summed E-state index contributed by atoms with van der Waals surface area (Å²) in [5.41, 5.74) is -4.08. The lowest BCUT2D eigenvalue weighted by atomic mass is 10.1. The van der Waals surface area contributed by atoms with Gasteiger partial charge < -0.3 is 9.84 Å². The number of likely N-dealkylation sites (N-methyl/N-ethyl adjacent to an activating group) is 1. The molecule has 0 aromatic heterocycles. The molecule has 4 nitrogen and oxygen atoms in total. The molecule has 1 N–H and O–H groups in total. The van der Waals surface area contributed by atoms with Crippen molar-refractivity contribution in [1.29, 1.82) is 0 Å². The maximum atomic E-state index is 13.6. The fourth-order valence-corrected chi connectivity index (χ4v) is 2.28. The minimum atomic E-state index is -6.84. The second-order valence-electron chi connectivity index (χ2n) is 6.60. The second-order valence-corrected chi connectivity index (χ2v) is 6.60. The van der Waals surface area contributed by atoms with Crippen LogP contribution in [0.1, 0.15) is 0 Å². The summed E-state index contributed by atoms with van der Waals surface area (Å²) in [6.07, 6.45) is -20.2. The van der Waals surface area contributed by atoms with Crippen LogP contribution in [0.4, 0.5) is 54.0 Å². The average molecular weight is 476 g/mol. The Morgan fingerprint density at radius 3 is 1.61 bits per heavy atom. The van der Waals surface area contributed by atoms with Gasteiger partial charge in [0.25, 0.3) is 0 Å². The van der Waals surface area contributed by atoms with Crippen molar-refractivity contribution in [2.75, 3.05) is 20.6 Å². The van der Waals surface area contributed by atoms with Crippen LogP contribution in [0.25, 0.3) is 0 Å². The van der Waals surface area contributed by atoms with E-state index in [1.807, 2.05) is 0 Å². The average Bonchev–Trinajstić information content (AvgIpc) is 2.49. The molecule has 0 aliphatic carbocycles. The van der Waals surface area contributed by atoms with Crippen LogP contribution in [0.3, 0.4) is 0 Å². The van der Waals surface area contributed by atoms with Crippen molar-refractivity contribution in [1.82, 2.24) is 4.48 Å². The molecule has 176 valence electrons. The first kappa shape index (κ1) is 26.5. The minimum absolute atomic E-state index is 0.0785. The first-order valence-electron chi connectivity index (χ1n) is 7.77. The van der Waals surface area contributed by atoms with E-state index in [9.17, 15) is 53.1 Å². The fraction of sp³-hybridized carbons (Fsp3) is 0.438. The minimum Gasteiger partial charge on any atom is -0.477 e. The summed E-state index contributed by atoms with van der Waals surface area (Å²) in [4.78, 5) is 10.8. The lowest BCUT2D eigenvalue weighted by Gasteiger charge is -2.28. The maximum Gasteiger partial charge on any atom is 0.461 e. The zero-order chi connectivity index (χ0) is 24.6. The zero-order valence-corrected chi connectivity index (χ0v) is 15.4. The monoisotopic (exact) mass is 476 g/mol. The van der Waals surface area contributed by atoms with Crippen molar-refractivity contribution in [3.8, 4) is 5.75 Å². The Morgan fingerprint density at radius 2 is 1.29 bits per heavy atom. The molecule has 0 aliphatic rings. The molecule has 1 rings (SSSR count). The van der Waals surface area contributed by atoms with Gasteiger partial charge in [0.05, 0.1) is 14.1 Å². The Hall–Kier alpha value is -2.58. The van der Waals surface area contributed by atoms with Crippen LogP contribution in [-0.2, 0) is 4.79 Å². The summed E-state index contributed by atoms with van der Waals surface area (Å²) in [5, 5.41) is 8.81. The topological polar surface area (TPSA) is 46.5 Å². The molecular weight excluding hydrogens is 463 g/mol. The van der Waals surface area contributed by atoms with Gasteiger partial charge in [0.1, 0.15) is 11.4 Å².